The molecule has 0 aliphatic heterocycles. The van der Waals surface area contributed by atoms with E-state index in [1.54, 1.807) is 13.8 Å². The van der Waals surface area contributed by atoms with Crippen LogP contribution in [0.4, 0.5) is 0 Å². The van der Waals surface area contributed by atoms with Crippen LogP contribution >= 0.6 is 22.6 Å². The third-order valence-electron chi connectivity index (χ3n) is 2.87. The average molecular weight is 371 g/mol. The molecule has 100 valence electrons. The van der Waals surface area contributed by atoms with Gasteiger partial charge in [0, 0.05) is 9.13 Å². The van der Waals surface area contributed by atoms with Crippen molar-refractivity contribution in [2.45, 2.75) is 20.8 Å². The fourth-order valence-corrected chi connectivity index (χ4v) is 2.36. The van der Waals surface area contributed by atoms with E-state index in [2.05, 4.69) is 27.7 Å². The zero-order chi connectivity index (χ0) is 14.0. The van der Waals surface area contributed by atoms with Crippen molar-refractivity contribution in [2.75, 3.05) is 6.61 Å². The highest BCUT2D eigenvalue weighted by Gasteiger charge is 2.23. The summed E-state index contributed by atoms with van der Waals surface area (Å²) in [4.78, 5) is 12.0. The third-order valence-corrected chi connectivity index (χ3v) is 4.03. The molecule has 0 aliphatic rings. The number of hydrogen-bond acceptors (Lipinski definition) is 4. The molecule has 0 aliphatic carbocycles. The molecule has 0 amide bonds. The van der Waals surface area contributed by atoms with Gasteiger partial charge >= 0.3 is 5.97 Å². The van der Waals surface area contributed by atoms with Crippen LogP contribution in [-0.4, -0.2) is 17.7 Å². The number of carbonyl (C=O) groups excluding carboxylic acids is 1. The smallest absolute Gasteiger partial charge is 0.344 e. The molecule has 4 nitrogen and oxygen atoms in total. The van der Waals surface area contributed by atoms with Gasteiger partial charge in [0.1, 0.15) is 17.0 Å². The Bertz CT molecular complexity index is 619. The van der Waals surface area contributed by atoms with Gasteiger partial charge in [0.05, 0.1) is 6.61 Å². The Kier molecular flexibility index (Phi) is 4.24. The Hall–Kier alpha value is -1.37. The molecular formula is C14H14INO3. The van der Waals surface area contributed by atoms with Crippen molar-refractivity contribution in [2.24, 2.45) is 0 Å². The van der Waals surface area contributed by atoms with Crippen LogP contribution in [0, 0.1) is 17.4 Å². The first-order chi connectivity index (χ1) is 9.06. The van der Waals surface area contributed by atoms with Crippen molar-refractivity contribution in [3.63, 3.8) is 0 Å². The maximum Gasteiger partial charge on any atom is 0.344 e. The molecule has 0 bridgehead atoms. The minimum absolute atomic E-state index is 0.328. The first-order valence-corrected chi connectivity index (χ1v) is 7.03. The number of nitrogens with zero attached hydrogens (tertiary/aromatic N) is 1. The first-order valence-electron chi connectivity index (χ1n) is 5.95. The van der Waals surface area contributed by atoms with Crippen molar-refractivity contribution in [1.29, 1.82) is 0 Å². The fourth-order valence-electron chi connectivity index (χ4n) is 1.86. The van der Waals surface area contributed by atoms with Crippen LogP contribution in [-0.2, 0) is 4.74 Å². The minimum Gasteiger partial charge on any atom is -0.462 e. The Morgan fingerprint density at radius 1 is 1.42 bits per heavy atom. The van der Waals surface area contributed by atoms with E-state index in [0.717, 1.165) is 14.7 Å². The Labute approximate surface area is 125 Å². The van der Waals surface area contributed by atoms with E-state index in [0.29, 0.717) is 23.6 Å². The van der Waals surface area contributed by atoms with Gasteiger partial charge in [-0.05, 0) is 55.0 Å². The van der Waals surface area contributed by atoms with Crippen LogP contribution in [0.15, 0.2) is 22.7 Å². The topological polar surface area (TPSA) is 52.3 Å². The maximum atomic E-state index is 12.0. The molecule has 1 heterocycles. The molecule has 0 N–H and O–H groups in total. The number of carbonyl (C=O) groups is 1. The fraction of sp³-hybridized carbons (Fsp3) is 0.286. The Balaban J connectivity index is 2.57. The number of hydrogen-bond donors (Lipinski definition) is 0. The summed E-state index contributed by atoms with van der Waals surface area (Å²) >= 11 is 2.25. The van der Waals surface area contributed by atoms with Gasteiger partial charge in [-0.25, -0.2) is 4.79 Å². The second-order valence-corrected chi connectivity index (χ2v) is 5.26. The number of ether oxygens (including phenoxy) is 1. The normalized spacial score (nSPS) is 10.5. The van der Waals surface area contributed by atoms with Crippen LogP contribution < -0.4 is 0 Å². The quantitative estimate of drug-likeness (QED) is 0.609. The summed E-state index contributed by atoms with van der Waals surface area (Å²) in [6.45, 7) is 5.81. The zero-order valence-electron chi connectivity index (χ0n) is 11.0. The van der Waals surface area contributed by atoms with E-state index in [1.165, 1.54) is 0 Å². The largest absolute Gasteiger partial charge is 0.462 e. The predicted molar refractivity (Wildman–Crippen MR) is 80.1 cm³/mol. The molecule has 2 aromatic rings. The predicted octanol–water partition coefficient (Wildman–Crippen LogP) is 3.74. The third kappa shape index (κ3) is 2.65. The molecule has 19 heavy (non-hydrogen) atoms. The second kappa shape index (κ2) is 5.73. The summed E-state index contributed by atoms with van der Waals surface area (Å²) in [7, 11) is 0. The molecule has 0 radical (unpaired) electrons. The molecule has 0 unspecified atom stereocenters. The van der Waals surface area contributed by atoms with Crippen molar-refractivity contribution >= 4 is 28.6 Å². The molecule has 1 aromatic heterocycles. The van der Waals surface area contributed by atoms with Crippen molar-refractivity contribution in [3.8, 4) is 11.3 Å². The Morgan fingerprint density at radius 3 is 2.84 bits per heavy atom. The summed E-state index contributed by atoms with van der Waals surface area (Å²) in [5, 5.41) is 4.01. The van der Waals surface area contributed by atoms with Crippen molar-refractivity contribution in [1.82, 2.24) is 5.16 Å². The molecule has 0 fully saturated rings. The van der Waals surface area contributed by atoms with Crippen LogP contribution in [0.1, 0.15) is 28.6 Å². The lowest BCUT2D eigenvalue weighted by atomic mass is 10.0. The van der Waals surface area contributed by atoms with Gasteiger partial charge in [0.2, 0.25) is 0 Å². The number of aryl methyl sites for hydroxylation is 1. The number of halogens is 1. The van der Waals surface area contributed by atoms with Crippen LogP contribution in [0.2, 0.25) is 0 Å². The van der Waals surface area contributed by atoms with E-state index in [-0.39, 0.29) is 0 Å². The van der Waals surface area contributed by atoms with Crippen LogP contribution in [0.5, 0.6) is 0 Å². The lowest BCUT2D eigenvalue weighted by Crippen LogP contribution is -2.07. The first kappa shape index (κ1) is 14.0. The number of rotatable bonds is 3. The summed E-state index contributed by atoms with van der Waals surface area (Å²) in [5.41, 5.74) is 2.92. The van der Waals surface area contributed by atoms with E-state index in [9.17, 15) is 4.79 Å². The van der Waals surface area contributed by atoms with Gasteiger partial charge in [0.25, 0.3) is 0 Å². The second-order valence-electron chi connectivity index (χ2n) is 4.10. The van der Waals surface area contributed by atoms with Gasteiger partial charge < -0.3 is 9.26 Å². The summed E-state index contributed by atoms with van der Waals surface area (Å²) in [6, 6.07) is 5.87. The van der Waals surface area contributed by atoms with Gasteiger partial charge in [0.15, 0.2) is 0 Å². The van der Waals surface area contributed by atoms with Gasteiger partial charge in [-0.3, -0.25) is 0 Å². The van der Waals surface area contributed by atoms with Gasteiger partial charge in [-0.2, -0.15) is 0 Å². The molecule has 1 aromatic carbocycles. The highest BCUT2D eigenvalue weighted by Crippen LogP contribution is 2.30. The van der Waals surface area contributed by atoms with E-state index >= 15 is 0 Å². The van der Waals surface area contributed by atoms with E-state index < -0.39 is 5.97 Å². The summed E-state index contributed by atoms with van der Waals surface area (Å²) < 4.78 is 11.3. The molecular weight excluding hydrogens is 357 g/mol. The standard InChI is InChI=1S/C14H14INO3/c1-4-18-14(17)12-9(3)19-16-13(12)10-6-5-7-11(15)8(10)2/h5-7H,4H2,1-3H3. The lowest BCUT2D eigenvalue weighted by molar-refractivity contribution is 0.0525. The highest BCUT2D eigenvalue weighted by molar-refractivity contribution is 14.1. The minimum atomic E-state index is -0.394. The average Bonchev–Trinajstić information content (AvgIpc) is 2.75. The van der Waals surface area contributed by atoms with Crippen molar-refractivity contribution in [3.05, 3.63) is 38.7 Å². The monoisotopic (exact) mass is 371 g/mol. The molecule has 0 saturated carbocycles. The van der Waals surface area contributed by atoms with E-state index in [1.807, 2.05) is 25.1 Å². The summed E-state index contributed by atoms with van der Waals surface area (Å²) in [5.74, 6) is 0.0845. The number of aromatic nitrogens is 1. The van der Waals surface area contributed by atoms with Crippen LogP contribution in [0.25, 0.3) is 11.3 Å². The van der Waals surface area contributed by atoms with E-state index in [4.69, 9.17) is 9.26 Å². The maximum absolute atomic E-state index is 12.0. The number of benzene rings is 1. The van der Waals surface area contributed by atoms with Crippen LogP contribution in [0.3, 0.4) is 0 Å². The molecule has 0 atom stereocenters. The summed E-state index contributed by atoms with van der Waals surface area (Å²) in [6.07, 6.45) is 0. The molecule has 5 heteroatoms. The molecule has 0 spiro atoms. The zero-order valence-corrected chi connectivity index (χ0v) is 13.1. The number of esters is 1. The molecule has 2 rings (SSSR count). The van der Waals surface area contributed by atoms with Gasteiger partial charge in [-0.1, -0.05) is 17.3 Å². The van der Waals surface area contributed by atoms with Crippen molar-refractivity contribution < 1.29 is 14.1 Å². The van der Waals surface area contributed by atoms with Gasteiger partial charge in [-0.15, -0.1) is 0 Å². The molecule has 0 saturated heterocycles. The highest BCUT2D eigenvalue weighted by atomic mass is 127. The lowest BCUT2D eigenvalue weighted by Gasteiger charge is -2.06. The Morgan fingerprint density at radius 2 is 2.16 bits per heavy atom. The SMILES string of the molecule is CCOC(=O)c1c(-c2cccc(I)c2C)noc1C.